The Morgan fingerprint density at radius 3 is 2.62 bits per heavy atom. The van der Waals surface area contributed by atoms with E-state index in [0.29, 0.717) is 12.5 Å². The number of hydrogen-bond acceptors (Lipinski definition) is 2. The van der Waals surface area contributed by atoms with Crippen molar-refractivity contribution < 1.29 is 5.11 Å². The van der Waals surface area contributed by atoms with Crippen LogP contribution in [0, 0.1) is 5.41 Å². The third-order valence-corrected chi connectivity index (χ3v) is 1.66. The smallest absolute Gasteiger partial charge is 0.188 e. The van der Waals surface area contributed by atoms with E-state index in [1.54, 1.807) is 0 Å². The van der Waals surface area contributed by atoms with Crippen LogP contribution in [0.5, 0.6) is 0 Å². The zero-order valence-electron chi connectivity index (χ0n) is 8.80. The highest BCUT2D eigenvalue weighted by Gasteiger charge is 2.15. The van der Waals surface area contributed by atoms with Gasteiger partial charge in [-0.15, -0.1) is 0 Å². The Labute approximate surface area is 80.2 Å². The van der Waals surface area contributed by atoms with Crippen molar-refractivity contribution in [1.82, 2.24) is 5.32 Å². The lowest BCUT2D eigenvalue weighted by atomic mass is 9.95. The fourth-order valence-electron chi connectivity index (χ4n) is 0.658. The highest BCUT2D eigenvalue weighted by molar-refractivity contribution is 5.77. The number of aliphatic imine (C=N–C) groups is 1. The normalized spacial score (nSPS) is 13.1. The van der Waals surface area contributed by atoms with Gasteiger partial charge in [-0.1, -0.05) is 20.8 Å². The van der Waals surface area contributed by atoms with E-state index in [2.05, 4.69) is 17.2 Å². The summed E-state index contributed by atoms with van der Waals surface area (Å²) in [6.07, 6.45) is 1.03. The van der Waals surface area contributed by atoms with Crippen LogP contribution in [0.2, 0.25) is 0 Å². The standard InChI is InChI=1S/C9H21N3O/c1-4-5-11-8(10)12-6-9(2,3)7-13/h13H,4-7H2,1-3H3,(H3,10,11,12). The number of nitrogens with one attached hydrogen (secondary N) is 1. The van der Waals surface area contributed by atoms with Crippen LogP contribution in [-0.2, 0) is 0 Å². The second-order valence-electron chi connectivity index (χ2n) is 3.95. The Hall–Kier alpha value is -0.770. The van der Waals surface area contributed by atoms with Crippen molar-refractivity contribution in [3.63, 3.8) is 0 Å². The molecular formula is C9H21N3O. The summed E-state index contributed by atoms with van der Waals surface area (Å²) in [4.78, 5) is 4.13. The molecule has 0 aliphatic heterocycles. The van der Waals surface area contributed by atoms with Crippen molar-refractivity contribution in [2.24, 2.45) is 16.1 Å². The van der Waals surface area contributed by atoms with E-state index in [0.717, 1.165) is 13.0 Å². The van der Waals surface area contributed by atoms with Crippen LogP contribution in [0.3, 0.4) is 0 Å². The van der Waals surface area contributed by atoms with Crippen molar-refractivity contribution in [2.75, 3.05) is 19.7 Å². The van der Waals surface area contributed by atoms with Crippen molar-refractivity contribution in [1.29, 1.82) is 0 Å². The summed E-state index contributed by atoms with van der Waals surface area (Å²) < 4.78 is 0. The van der Waals surface area contributed by atoms with Crippen LogP contribution >= 0.6 is 0 Å². The molecule has 0 amide bonds. The maximum absolute atomic E-state index is 8.95. The van der Waals surface area contributed by atoms with Crippen LogP contribution in [-0.4, -0.2) is 30.8 Å². The molecule has 0 aliphatic carbocycles. The first-order valence-corrected chi connectivity index (χ1v) is 4.66. The van der Waals surface area contributed by atoms with Crippen LogP contribution in [0.4, 0.5) is 0 Å². The molecule has 78 valence electrons. The van der Waals surface area contributed by atoms with Gasteiger partial charge >= 0.3 is 0 Å². The van der Waals surface area contributed by atoms with E-state index in [9.17, 15) is 0 Å². The largest absolute Gasteiger partial charge is 0.396 e. The fraction of sp³-hybridized carbons (Fsp3) is 0.889. The van der Waals surface area contributed by atoms with Gasteiger partial charge < -0.3 is 16.2 Å². The predicted octanol–water partition coefficient (Wildman–Crippen LogP) is 0.319. The van der Waals surface area contributed by atoms with Crippen molar-refractivity contribution in [3.8, 4) is 0 Å². The number of hydrogen-bond donors (Lipinski definition) is 3. The van der Waals surface area contributed by atoms with Gasteiger partial charge in [0, 0.05) is 18.6 Å². The van der Waals surface area contributed by atoms with Gasteiger partial charge in [0.15, 0.2) is 5.96 Å². The second-order valence-corrected chi connectivity index (χ2v) is 3.95. The second kappa shape index (κ2) is 5.80. The van der Waals surface area contributed by atoms with E-state index in [4.69, 9.17) is 10.8 Å². The SMILES string of the molecule is CCCNC(N)=NCC(C)(C)CO. The first-order valence-electron chi connectivity index (χ1n) is 4.66. The number of nitrogens with zero attached hydrogens (tertiary/aromatic N) is 1. The Bertz CT molecular complexity index is 166. The topological polar surface area (TPSA) is 70.6 Å². The molecule has 0 rings (SSSR count). The molecule has 0 bridgehead atoms. The van der Waals surface area contributed by atoms with Crippen molar-refractivity contribution in [3.05, 3.63) is 0 Å². The van der Waals surface area contributed by atoms with Crippen LogP contribution in [0.1, 0.15) is 27.2 Å². The van der Waals surface area contributed by atoms with E-state index < -0.39 is 0 Å². The zero-order valence-corrected chi connectivity index (χ0v) is 8.80. The van der Waals surface area contributed by atoms with Crippen LogP contribution in [0.15, 0.2) is 4.99 Å². The molecule has 0 heterocycles. The summed E-state index contributed by atoms with van der Waals surface area (Å²) in [6, 6.07) is 0. The van der Waals surface area contributed by atoms with Gasteiger partial charge in [-0.25, -0.2) is 0 Å². The molecule has 4 N–H and O–H groups in total. The molecule has 0 aromatic rings. The molecule has 0 aromatic heterocycles. The maximum Gasteiger partial charge on any atom is 0.188 e. The summed E-state index contributed by atoms with van der Waals surface area (Å²) in [6.45, 7) is 7.48. The number of aliphatic hydroxyl groups is 1. The zero-order chi connectivity index (χ0) is 10.3. The molecule has 0 saturated heterocycles. The lowest BCUT2D eigenvalue weighted by Crippen LogP contribution is -2.34. The monoisotopic (exact) mass is 187 g/mol. The Balaban J connectivity index is 3.82. The number of guanidine groups is 1. The Morgan fingerprint density at radius 1 is 1.54 bits per heavy atom. The molecule has 4 nitrogen and oxygen atoms in total. The molecule has 0 fully saturated rings. The number of rotatable bonds is 5. The van der Waals surface area contributed by atoms with E-state index >= 15 is 0 Å². The van der Waals surface area contributed by atoms with Crippen LogP contribution < -0.4 is 11.1 Å². The van der Waals surface area contributed by atoms with Gasteiger partial charge in [0.2, 0.25) is 0 Å². The predicted molar refractivity (Wildman–Crippen MR) is 55.6 cm³/mol. The van der Waals surface area contributed by atoms with Gasteiger partial charge in [-0.2, -0.15) is 0 Å². The first-order chi connectivity index (χ1) is 6.02. The molecule has 0 aromatic carbocycles. The molecule has 0 atom stereocenters. The average molecular weight is 187 g/mol. The highest BCUT2D eigenvalue weighted by Crippen LogP contribution is 2.12. The van der Waals surface area contributed by atoms with Crippen molar-refractivity contribution >= 4 is 5.96 Å². The van der Waals surface area contributed by atoms with E-state index in [1.807, 2.05) is 13.8 Å². The van der Waals surface area contributed by atoms with Crippen molar-refractivity contribution in [2.45, 2.75) is 27.2 Å². The number of nitrogens with two attached hydrogens (primary N) is 1. The molecule has 0 aliphatic rings. The minimum atomic E-state index is -0.182. The highest BCUT2D eigenvalue weighted by atomic mass is 16.3. The van der Waals surface area contributed by atoms with Gasteiger partial charge in [-0.05, 0) is 6.42 Å². The molecule has 4 heteroatoms. The van der Waals surface area contributed by atoms with Gasteiger partial charge in [0.25, 0.3) is 0 Å². The van der Waals surface area contributed by atoms with Gasteiger partial charge in [0.05, 0.1) is 6.54 Å². The molecule has 0 saturated carbocycles. The quantitative estimate of drug-likeness (QED) is 0.429. The van der Waals surface area contributed by atoms with Gasteiger partial charge in [0.1, 0.15) is 0 Å². The Kier molecular flexibility index (Phi) is 5.46. The third kappa shape index (κ3) is 6.40. The lowest BCUT2D eigenvalue weighted by Gasteiger charge is -2.18. The summed E-state index contributed by atoms with van der Waals surface area (Å²) in [7, 11) is 0. The summed E-state index contributed by atoms with van der Waals surface area (Å²) in [5.41, 5.74) is 5.40. The van der Waals surface area contributed by atoms with E-state index in [1.165, 1.54) is 0 Å². The first kappa shape index (κ1) is 12.2. The fourth-order valence-corrected chi connectivity index (χ4v) is 0.658. The molecule has 13 heavy (non-hydrogen) atoms. The molecular weight excluding hydrogens is 166 g/mol. The third-order valence-electron chi connectivity index (χ3n) is 1.66. The summed E-state index contributed by atoms with van der Waals surface area (Å²) in [5.74, 6) is 0.461. The van der Waals surface area contributed by atoms with Crippen LogP contribution in [0.25, 0.3) is 0 Å². The minimum Gasteiger partial charge on any atom is -0.396 e. The molecule has 0 unspecified atom stereocenters. The van der Waals surface area contributed by atoms with E-state index in [-0.39, 0.29) is 12.0 Å². The lowest BCUT2D eigenvalue weighted by molar-refractivity contribution is 0.167. The maximum atomic E-state index is 8.95. The minimum absolute atomic E-state index is 0.123. The van der Waals surface area contributed by atoms with Gasteiger partial charge in [-0.3, -0.25) is 4.99 Å². The summed E-state index contributed by atoms with van der Waals surface area (Å²) in [5, 5.41) is 11.9. The summed E-state index contributed by atoms with van der Waals surface area (Å²) >= 11 is 0. The average Bonchev–Trinajstić information content (AvgIpc) is 2.11. The molecule has 0 spiro atoms. The Morgan fingerprint density at radius 2 is 2.15 bits per heavy atom. The number of aliphatic hydroxyl groups excluding tert-OH is 1. The molecule has 0 radical (unpaired) electrons.